The maximum Gasteiger partial charge on any atom is 0.222 e. The number of carbonyl (C=O) groups is 1. The van der Waals surface area contributed by atoms with Crippen molar-refractivity contribution in [2.24, 2.45) is 0 Å². The van der Waals surface area contributed by atoms with Crippen LogP contribution >= 0.6 is 11.6 Å². The number of piperidine rings is 1. The summed E-state index contributed by atoms with van der Waals surface area (Å²) in [6.07, 6.45) is 1.28. The molecule has 20 heavy (non-hydrogen) atoms. The number of fused-ring (bicyclic) bond motifs is 1. The van der Waals surface area contributed by atoms with Crippen molar-refractivity contribution >= 4 is 28.5 Å². The molecular formula is C14H15ClFN3O. The Balaban J connectivity index is 2.07. The third kappa shape index (κ3) is 2.16. The predicted octanol–water partition coefficient (Wildman–Crippen LogP) is 2.71. The van der Waals surface area contributed by atoms with Gasteiger partial charge in [-0.25, -0.2) is 9.37 Å². The Hall–Kier alpha value is -1.62. The lowest BCUT2D eigenvalue weighted by Crippen LogP contribution is -2.38. The van der Waals surface area contributed by atoms with E-state index >= 15 is 0 Å². The van der Waals surface area contributed by atoms with Crippen molar-refractivity contribution in [3.05, 3.63) is 29.8 Å². The molecule has 0 N–H and O–H groups in total. The summed E-state index contributed by atoms with van der Waals surface area (Å²) in [4.78, 5) is 17.7. The zero-order valence-electron chi connectivity index (χ0n) is 11.1. The highest BCUT2D eigenvalue weighted by Crippen LogP contribution is 2.29. The molecule has 0 spiro atoms. The zero-order chi connectivity index (χ0) is 14.3. The number of alkyl halides is 1. The van der Waals surface area contributed by atoms with E-state index in [1.165, 1.54) is 12.1 Å². The van der Waals surface area contributed by atoms with Crippen LogP contribution in [0.3, 0.4) is 0 Å². The second-order valence-electron chi connectivity index (χ2n) is 5.13. The molecule has 0 radical (unpaired) electrons. The summed E-state index contributed by atoms with van der Waals surface area (Å²) >= 11 is 5.97. The summed E-state index contributed by atoms with van der Waals surface area (Å²) in [5.74, 6) is 0.841. The predicted molar refractivity (Wildman–Crippen MR) is 75.2 cm³/mol. The Morgan fingerprint density at radius 1 is 1.50 bits per heavy atom. The number of imidazole rings is 1. The van der Waals surface area contributed by atoms with Crippen LogP contribution in [0.1, 0.15) is 24.7 Å². The lowest BCUT2D eigenvalue weighted by atomic mass is 10.1. The molecule has 4 nitrogen and oxygen atoms in total. The van der Waals surface area contributed by atoms with Crippen LogP contribution in [0.2, 0.25) is 0 Å². The van der Waals surface area contributed by atoms with E-state index in [2.05, 4.69) is 4.98 Å². The molecule has 1 atom stereocenters. The van der Waals surface area contributed by atoms with Crippen molar-refractivity contribution in [1.82, 2.24) is 14.5 Å². The number of carbonyl (C=O) groups excluding carboxylic acids is 1. The summed E-state index contributed by atoms with van der Waals surface area (Å²) < 4.78 is 15.3. The van der Waals surface area contributed by atoms with Gasteiger partial charge in [-0.05, 0) is 18.6 Å². The molecule has 1 aliphatic heterocycles. The largest absolute Gasteiger partial charge is 0.344 e. The summed E-state index contributed by atoms with van der Waals surface area (Å²) in [5, 5.41) is 0. The van der Waals surface area contributed by atoms with Gasteiger partial charge < -0.3 is 9.47 Å². The molecule has 1 amide bonds. The first kappa shape index (κ1) is 13.4. The molecule has 2 heterocycles. The number of aromatic nitrogens is 2. The van der Waals surface area contributed by atoms with Crippen LogP contribution in [0.25, 0.3) is 11.0 Å². The summed E-state index contributed by atoms with van der Waals surface area (Å²) in [6, 6.07) is 4.71. The van der Waals surface area contributed by atoms with Gasteiger partial charge in [0.05, 0.1) is 23.0 Å². The number of benzene rings is 1. The monoisotopic (exact) mass is 295 g/mol. The van der Waals surface area contributed by atoms with Crippen molar-refractivity contribution < 1.29 is 9.18 Å². The fourth-order valence-corrected chi connectivity index (χ4v) is 3.01. The molecular weight excluding hydrogens is 281 g/mol. The molecule has 1 unspecified atom stereocenters. The first-order valence-electron chi connectivity index (χ1n) is 6.56. The molecule has 1 aliphatic rings. The third-order valence-electron chi connectivity index (χ3n) is 3.81. The van der Waals surface area contributed by atoms with E-state index in [0.29, 0.717) is 18.5 Å². The van der Waals surface area contributed by atoms with Gasteiger partial charge >= 0.3 is 0 Å². The number of halogens is 2. The van der Waals surface area contributed by atoms with Gasteiger partial charge in [0.2, 0.25) is 5.91 Å². The molecule has 6 heteroatoms. The molecule has 2 aromatic rings. The van der Waals surface area contributed by atoms with Gasteiger partial charge in [0.15, 0.2) is 0 Å². The molecule has 1 aromatic heterocycles. The van der Waals surface area contributed by atoms with E-state index in [1.54, 1.807) is 18.0 Å². The van der Waals surface area contributed by atoms with Crippen LogP contribution in [0, 0.1) is 5.82 Å². The Labute approximate surface area is 121 Å². The number of likely N-dealkylation sites (tertiary alicyclic amines) is 1. The molecule has 1 aromatic carbocycles. The summed E-state index contributed by atoms with van der Waals surface area (Å²) in [7, 11) is 1.80. The van der Waals surface area contributed by atoms with E-state index in [-0.39, 0.29) is 23.6 Å². The lowest BCUT2D eigenvalue weighted by Gasteiger charge is -2.31. The Morgan fingerprint density at radius 2 is 2.30 bits per heavy atom. The minimum atomic E-state index is -0.306. The standard InChI is InChI=1S/C14H15ClFN3O/c1-18-8-10(3-5-14(18)20)19-12-4-2-9(16)6-11(12)17-13(19)7-15/h2,4,6,10H,3,5,7-8H2,1H3. The second-order valence-corrected chi connectivity index (χ2v) is 5.40. The molecule has 1 fully saturated rings. The number of rotatable bonds is 2. The first-order valence-corrected chi connectivity index (χ1v) is 7.10. The Bertz CT molecular complexity index is 670. The molecule has 0 bridgehead atoms. The van der Waals surface area contributed by atoms with Crippen LogP contribution in [0.5, 0.6) is 0 Å². The fourth-order valence-electron chi connectivity index (χ4n) is 2.82. The average molecular weight is 296 g/mol. The number of likely N-dealkylation sites (N-methyl/N-ethyl adjacent to an activating group) is 1. The van der Waals surface area contributed by atoms with E-state index in [9.17, 15) is 9.18 Å². The summed E-state index contributed by atoms with van der Waals surface area (Å²) in [5.41, 5.74) is 1.48. The van der Waals surface area contributed by atoms with E-state index in [0.717, 1.165) is 17.8 Å². The molecule has 0 aliphatic carbocycles. The lowest BCUT2D eigenvalue weighted by molar-refractivity contribution is -0.132. The fraction of sp³-hybridized carbons (Fsp3) is 0.429. The smallest absolute Gasteiger partial charge is 0.222 e. The average Bonchev–Trinajstić information content (AvgIpc) is 2.79. The van der Waals surface area contributed by atoms with Crippen molar-refractivity contribution in [2.45, 2.75) is 24.8 Å². The van der Waals surface area contributed by atoms with Gasteiger partial charge in [0.1, 0.15) is 11.6 Å². The van der Waals surface area contributed by atoms with Crippen molar-refractivity contribution in [3.8, 4) is 0 Å². The Kier molecular flexibility index (Phi) is 3.38. The van der Waals surface area contributed by atoms with Crippen LogP contribution in [0.4, 0.5) is 4.39 Å². The van der Waals surface area contributed by atoms with Crippen LogP contribution in [-0.4, -0.2) is 34.0 Å². The van der Waals surface area contributed by atoms with Gasteiger partial charge in [0, 0.05) is 26.1 Å². The van der Waals surface area contributed by atoms with Crippen LogP contribution in [0.15, 0.2) is 18.2 Å². The van der Waals surface area contributed by atoms with E-state index in [1.807, 2.05) is 4.57 Å². The quantitative estimate of drug-likeness (QED) is 0.799. The number of amides is 1. The molecule has 1 saturated heterocycles. The minimum absolute atomic E-state index is 0.141. The number of hydrogen-bond acceptors (Lipinski definition) is 2. The van der Waals surface area contributed by atoms with Gasteiger partial charge in [-0.3, -0.25) is 4.79 Å². The van der Waals surface area contributed by atoms with Crippen LogP contribution < -0.4 is 0 Å². The molecule has 0 saturated carbocycles. The zero-order valence-corrected chi connectivity index (χ0v) is 11.9. The highest BCUT2D eigenvalue weighted by molar-refractivity contribution is 6.16. The highest BCUT2D eigenvalue weighted by atomic mass is 35.5. The van der Waals surface area contributed by atoms with Gasteiger partial charge in [-0.2, -0.15) is 0 Å². The SMILES string of the molecule is CN1CC(n2c(CCl)nc3cc(F)ccc32)CCC1=O. The third-order valence-corrected chi connectivity index (χ3v) is 4.05. The van der Waals surface area contributed by atoms with Crippen molar-refractivity contribution in [3.63, 3.8) is 0 Å². The minimum Gasteiger partial charge on any atom is -0.344 e. The van der Waals surface area contributed by atoms with E-state index < -0.39 is 0 Å². The maximum absolute atomic E-state index is 13.3. The second kappa shape index (κ2) is 5.05. The highest BCUT2D eigenvalue weighted by Gasteiger charge is 2.27. The Morgan fingerprint density at radius 3 is 3.00 bits per heavy atom. The van der Waals surface area contributed by atoms with E-state index in [4.69, 9.17) is 11.6 Å². The van der Waals surface area contributed by atoms with Gasteiger partial charge in [0.25, 0.3) is 0 Å². The number of hydrogen-bond donors (Lipinski definition) is 0. The van der Waals surface area contributed by atoms with Gasteiger partial charge in [-0.15, -0.1) is 11.6 Å². The van der Waals surface area contributed by atoms with Gasteiger partial charge in [-0.1, -0.05) is 0 Å². The van der Waals surface area contributed by atoms with Crippen molar-refractivity contribution in [1.29, 1.82) is 0 Å². The topological polar surface area (TPSA) is 38.1 Å². The van der Waals surface area contributed by atoms with Crippen molar-refractivity contribution in [2.75, 3.05) is 13.6 Å². The molecule has 3 rings (SSSR count). The number of nitrogens with zero attached hydrogens (tertiary/aromatic N) is 3. The maximum atomic E-state index is 13.3. The first-order chi connectivity index (χ1) is 9.60. The van der Waals surface area contributed by atoms with Crippen LogP contribution in [-0.2, 0) is 10.7 Å². The normalized spacial score (nSPS) is 19.9. The summed E-state index contributed by atoms with van der Waals surface area (Å²) in [6.45, 7) is 0.631. The molecule has 106 valence electrons.